The van der Waals surface area contributed by atoms with Crippen molar-refractivity contribution in [3.05, 3.63) is 99.9 Å². The molecule has 0 unspecified atom stereocenters. The SMILES string of the molecule is CC1=CC(=C2C(=O)c3ccccc3S2(=O)=O)C=C(C=Cc2ccc(N(C)C)cc2)O1. The molecule has 0 radical (unpaired) electrons. The van der Waals surface area contributed by atoms with Crippen molar-refractivity contribution in [2.24, 2.45) is 0 Å². The number of carbonyl (C=O) groups excluding carboxylic acids is 1. The van der Waals surface area contributed by atoms with Gasteiger partial charge in [-0.3, -0.25) is 4.79 Å². The van der Waals surface area contributed by atoms with Gasteiger partial charge in [0.15, 0.2) is 0 Å². The summed E-state index contributed by atoms with van der Waals surface area (Å²) in [4.78, 5) is 14.7. The normalized spacial score (nSPS) is 19.9. The van der Waals surface area contributed by atoms with Gasteiger partial charge in [0, 0.05) is 30.9 Å². The number of carbonyl (C=O) groups is 1. The predicted octanol–water partition coefficient (Wildman–Crippen LogP) is 4.51. The van der Waals surface area contributed by atoms with Crippen LogP contribution in [0.5, 0.6) is 0 Å². The molecular formula is C24H21NO4S. The number of sulfone groups is 1. The second-order valence-corrected chi connectivity index (χ2v) is 9.19. The summed E-state index contributed by atoms with van der Waals surface area (Å²) in [7, 11) is 0.0915. The minimum Gasteiger partial charge on any atom is -0.462 e. The lowest BCUT2D eigenvalue weighted by atomic mass is 10.1. The van der Waals surface area contributed by atoms with Crippen LogP contribution in [0.15, 0.2) is 93.7 Å². The molecule has 5 nitrogen and oxygen atoms in total. The second-order valence-electron chi connectivity index (χ2n) is 7.34. The zero-order chi connectivity index (χ0) is 21.5. The average Bonchev–Trinajstić information content (AvgIpc) is 2.92. The third-order valence-electron chi connectivity index (χ3n) is 4.94. The molecule has 0 aromatic heterocycles. The molecule has 2 heterocycles. The zero-order valence-corrected chi connectivity index (χ0v) is 17.7. The zero-order valence-electron chi connectivity index (χ0n) is 16.9. The minimum atomic E-state index is -3.87. The Morgan fingerprint density at radius 3 is 2.30 bits per heavy atom. The maximum absolute atomic E-state index is 13.0. The van der Waals surface area contributed by atoms with E-state index in [9.17, 15) is 13.2 Å². The molecule has 2 aromatic carbocycles. The van der Waals surface area contributed by atoms with E-state index in [0.717, 1.165) is 11.3 Å². The number of rotatable bonds is 3. The van der Waals surface area contributed by atoms with Crippen LogP contribution < -0.4 is 4.90 Å². The monoisotopic (exact) mass is 419 g/mol. The highest BCUT2D eigenvalue weighted by Gasteiger charge is 2.40. The van der Waals surface area contributed by atoms with Crippen molar-refractivity contribution in [3.8, 4) is 0 Å². The summed E-state index contributed by atoms with van der Waals surface area (Å²) in [6.07, 6.45) is 6.82. The van der Waals surface area contributed by atoms with E-state index in [0.29, 0.717) is 17.1 Å². The van der Waals surface area contributed by atoms with Crippen LogP contribution in [0.25, 0.3) is 6.08 Å². The van der Waals surface area contributed by atoms with Gasteiger partial charge in [-0.2, -0.15) is 0 Å². The maximum atomic E-state index is 13.0. The summed E-state index contributed by atoms with van der Waals surface area (Å²) in [5.74, 6) is 0.500. The van der Waals surface area contributed by atoms with Crippen LogP contribution in [0, 0.1) is 0 Å². The molecule has 2 aromatic rings. The van der Waals surface area contributed by atoms with Crippen LogP contribution in [0.4, 0.5) is 5.69 Å². The van der Waals surface area contributed by atoms with Gasteiger partial charge in [-0.15, -0.1) is 0 Å². The van der Waals surface area contributed by atoms with Crippen LogP contribution in [-0.2, 0) is 14.6 Å². The van der Waals surface area contributed by atoms with Crippen LogP contribution in [-0.4, -0.2) is 28.3 Å². The molecule has 152 valence electrons. The van der Waals surface area contributed by atoms with Gasteiger partial charge >= 0.3 is 0 Å². The highest BCUT2D eigenvalue weighted by atomic mass is 32.2. The van der Waals surface area contributed by atoms with Gasteiger partial charge in [0.2, 0.25) is 15.6 Å². The Bertz CT molecular complexity index is 1260. The molecule has 0 saturated heterocycles. The molecule has 4 rings (SSSR count). The lowest BCUT2D eigenvalue weighted by Crippen LogP contribution is -2.08. The Morgan fingerprint density at radius 1 is 0.933 bits per heavy atom. The number of Topliss-reactive ketones (excluding diaryl/α,β-unsaturated/α-hetero) is 1. The number of nitrogens with zero attached hydrogens (tertiary/aromatic N) is 1. The number of benzene rings is 2. The first-order valence-corrected chi connectivity index (χ1v) is 10.9. The van der Waals surface area contributed by atoms with Gasteiger partial charge in [0.25, 0.3) is 0 Å². The summed E-state index contributed by atoms with van der Waals surface area (Å²) in [6, 6.07) is 14.3. The van der Waals surface area contributed by atoms with E-state index >= 15 is 0 Å². The van der Waals surface area contributed by atoms with E-state index in [1.54, 1.807) is 43.4 Å². The van der Waals surface area contributed by atoms with Crippen molar-refractivity contribution in [1.82, 2.24) is 0 Å². The van der Waals surface area contributed by atoms with Crippen molar-refractivity contribution in [2.45, 2.75) is 11.8 Å². The third kappa shape index (κ3) is 3.50. The fraction of sp³-hybridized carbons (Fsp3) is 0.125. The summed E-state index contributed by atoms with van der Waals surface area (Å²) in [6.45, 7) is 1.73. The lowest BCUT2D eigenvalue weighted by molar-refractivity contribution is 0.104. The molecule has 0 fully saturated rings. The van der Waals surface area contributed by atoms with E-state index in [1.165, 1.54) is 6.07 Å². The number of ether oxygens (including phenoxy) is 1. The van der Waals surface area contributed by atoms with Gasteiger partial charge in [0.05, 0.1) is 4.90 Å². The van der Waals surface area contributed by atoms with Gasteiger partial charge in [0.1, 0.15) is 16.4 Å². The summed E-state index contributed by atoms with van der Waals surface area (Å²) < 4.78 is 31.7. The Kier molecular flexibility index (Phi) is 4.95. The van der Waals surface area contributed by atoms with E-state index in [-0.39, 0.29) is 15.4 Å². The number of hydrogen-bond donors (Lipinski definition) is 0. The topological polar surface area (TPSA) is 63.7 Å². The molecule has 2 aliphatic heterocycles. The van der Waals surface area contributed by atoms with Crippen LogP contribution in [0.2, 0.25) is 0 Å². The Hall–Kier alpha value is -3.38. The maximum Gasteiger partial charge on any atom is 0.211 e. The minimum absolute atomic E-state index is 0.0570. The molecule has 0 bridgehead atoms. The van der Waals surface area contributed by atoms with Crippen LogP contribution in [0.1, 0.15) is 22.8 Å². The van der Waals surface area contributed by atoms with Crippen molar-refractivity contribution < 1.29 is 17.9 Å². The molecule has 0 atom stereocenters. The highest BCUT2D eigenvalue weighted by molar-refractivity contribution is 7.97. The fourth-order valence-corrected chi connectivity index (χ4v) is 5.17. The first-order chi connectivity index (χ1) is 14.3. The van der Waals surface area contributed by atoms with E-state index in [1.807, 2.05) is 49.3 Å². The number of fused-ring (bicyclic) bond motifs is 1. The largest absolute Gasteiger partial charge is 0.462 e. The van der Waals surface area contributed by atoms with Gasteiger partial charge < -0.3 is 9.64 Å². The molecular weight excluding hydrogens is 398 g/mol. The molecule has 0 amide bonds. The standard InChI is InChI=1S/C24H21NO4S/c1-16-14-18(24-23(26)21-6-4-5-7-22(21)30(24,27)28)15-20(29-16)13-10-17-8-11-19(12-9-17)25(2)3/h4-15H,1-3H3. The number of allylic oxidation sites excluding steroid dienone is 6. The second kappa shape index (κ2) is 7.46. The number of anilines is 1. The number of ketones is 1. The average molecular weight is 420 g/mol. The Morgan fingerprint density at radius 2 is 1.63 bits per heavy atom. The molecule has 6 heteroatoms. The van der Waals surface area contributed by atoms with Gasteiger partial charge in [-0.05, 0) is 55.0 Å². The summed E-state index contributed by atoms with van der Waals surface area (Å²) >= 11 is 0. The molecule has 0 N–H and O–H groups in total. The quantitative estimate of drug-likeness (QED) is 0.685. The first-order valence-electron chi connectivity index (χ1n) is 9.44. The smallest absolute Gasteiger partial charge is 0.211 e. The van der Waals surface area contributed by atoms with Crippen molar-refractivity contribution in [2.75, 3.05) is 19.0 Å². The van der Waals surface area contributed by atoms with E-state index < -0.39 is 15.6 Å². The summed E-state index contributed by atoms with van der Waals surface area (Å²) in [5.41, 5.74) is 2.62. The van der Waals surface area contributed by atoms with Crippen molar-refractivity contribution in [3.63, 3.8) is 0 Å². The molecule has 2 aliphatic rings. The molecule has 0 saturated carbocycles. The van der Waals surface area contributed by atoms with E-state index in [4.69, 9.17) is 4.74 Å². The summed E-state index contributed by atoms with van der Waals surface area (Å²) in [5, 5.41) is 0. The number of hydrogen-bond acceptors (Lipinski definition) is 5. The van der Waals surface area contributed by atoms with Crippen molar-refractivity contribution >= 4 is 27.4 Å². The Labute approximate surface area is 176 Å². The molecule has 0 aliphatic carbocycles. The Balaban J connectivity index is 1.72. The van der Waals surface area contributed by atoms with E-state index in [2.05, 4.69) is 0 Å². The predicted molar refractivity (Wildman–Crippen MR) is 118 cm³/mol. The molecule has 0 spiro atoms. The van der Waals surface area contributed by atoms with Crippen LogP contribution >= 0.6 is 0 Å². The van der Waals surface area contributed by atoms with Crippen LogP contribution in [0.3, 0.4) is 0 Å². The van der Waals surface area contributed by atoms with Gasteiger partial charge in [-0.1, -0.05) is 30.3 Å². The first kappa shape index (κ1) is 19.9. The lowest BCUT2D eigenvalue weighted by Gasteiger charge is -2.15. The van der Waals surface area contributed by atoms with Gasteiger partial charge in [-0.25, -0.2) is 8.42 Å². The highest BCUT2D eigenvalue weighted by Crippen LogP contribution is 2.38. The third-order valence-corrected chi connectivity index (χ3v) is 6.84. The fourth-order valence-electron chi connectivity index (χ4n) is 3.46. The molecule has 30 heavy (non-hydrogen) atoms. The van der Waals surface area contributed by atoms with Crippen molar-refractivity contribution in [1.29, 1.82) is 0 Å².